The number of aromatic nitrogens is 4. The molecule has 25 heavy (non-hydrogen) atoms. The molecule has 0 saturated heterocycles. The third-order valence-electron chi connectivity index (χ3n) is 3.39. The van der Waals surface area contributed by atoms with E-state index in [4.69, 9.17) is 0 Å². The maximum absolute atomic E-state index is 11.2. The van der Waals surface area contributed by atoms with Gasteiger partial charge in [-0.25, -0.2) is 19.3 Å². The number of carboxylic acids is 1. The molecule has 0 aliphatic heterocycles. The van der Waals surface area contributed by atoms with Gasteiger partial charge in [-0.15, -0.1) is 22.7 Å². The van der Waals surface area contributed by atoms with Gasteiger partial charge in [0.05, 0.1) is 26.7 Å². The minimum absolute atomic E-state index is 0.0809. The van der Waals surface area contributed by atoms with Gasteiger partial charge in [-0.2, -0.15) is 5.10 Å². The second-order valence-corrected chi connectivity index (χ2v) is 7.26. The Bertz CT molecular complexity index is 1160. The number of thiophene rings is 1. The third kappa shape index (κ3) is 3.03. The minimum Gasteiger partial charge on any atom is -0.477 e. The molecule has 4 aromatic heterocycles. The molecule has 1 N–H and O–H groups in total. The van der Waals surface area contributed by atoms with Gasteiger partial charge in [-0.3, -0.25) is 0 Å². The van der Waals surface area contributed by atoms with Crippen molar-refractivity contribution in [3.8, 4) is 22.4 Å². The summed E-state index contributed by atoms with van der Waals surface area (Å²) in [6.45, 7) is 1.95. The van der Waals surface area contributed by atoms with Crippen LogP contribution >= 0.6 is 22.7 Å². The Balaban J connectivity index is 1.68. The molecular formula is C17H10N4O2S2. The molecule has 0 bridgehead atoms. The van der Waals surface area contributed by atoms with Crippen LogP contribution in [0.5, 0.6) is 0 Å². The normalized spacial score (nSPS) is 10.6. The van der Waals surface area contributed by atoms with Crippen molar-refractivity contribution >= 4 is 34.3 Å². The zero-order chi connectivity index (χ0) is 17.4. The molecule has 0 aromatic carbocycles. The first-order valence-corrected chi connectivity index (χ1v) is 8.92. The maximum Gasteiger partial charge on any atom is 0.341 e. The Morgan fingerprint density at radius 3 is 2.88 bits per heavy atom. The summed E-state index contributed by atoms with van der Waals surface area (Å²) in [5.74, 6) is 5.10. The highest BCUT2D eigenvalue weighted by atomic mass is 32.1. The zero-order valence-electron chi connectivity index (χ0n) is 12.9. The van der Waals surface area contributed by atoms with Crippen LogP contribution in [0.3, 0.4) is 0 Å². The van der Waals surface area contributed by atoms with E-state index in [2.05, 4.69) is 26.9 Å². The highest BCUT2D eigenvalue weighted by Crippen LogP contribution is 2.27. The number of carbonyl (C=O) groups is 1. The molecular weight excluding hydrogens is 356 g/mol. The molecule has 4 aromatic rings. The monoisotopic (exact) mass is 366 g/mol. The maximum atomic E-state index is 11.2. The molecule has 0 atom stereocenters. The standard InChI is InChI=1S/C17H10N4O2S2/c1-10-19-11(9-24-10)2-3-12-4-5-15(25-12)14-6-7-21-16(20-14)13(8-18-21)17(22)23/h4-9H,1H3,(H,22,23). The lowest BCUT2D eigenvalue weighted by molar-refractivity contribution is 0.0699. The summed E-state index contributed by atoms with van der Waals surface area (Å²) in [5.41, 5.74) is 1.86. The van der Waals surface area contributed by atoms with Crippen LogP contribution in [0.15, 0.2) is 36.0 Å². The van der Waals surface area contributed by atoms with Crippen molar-refractivity contribution in [2.24, 2.45) is 0 Å². The molecule has 122 valence electrons. The van der Waals surface area contributed by atoms with Gasteiger partial charge in [0.1, 0.15) is 11.3 Å². The number of thiazole rings is 1. The molecule has 0 radical (unpaired) electrons. The lowest BCUT2D eigenvalue weighted by atomic mass is 10.3. The molecule has 0 fully saturated rings. The van der Waals surface area contributed by atoms with Crippen LogP contribution in [0.25, 0.3) is 16.2 Å². The highest BCUT2D eigenvalue weighted by Gasteiger charge is 2.14. The molecule has 8 heteroatoms. The number of aryl methyl sites for hydroxylation is 1. The molecule has 0 aliphatic rings. The molecule has 4 heterocycles. The van der Waals surface area contributed by atoms with Crippen LogP contribution in [-0.2, 0) is 0 Å². The van der Waals surface area contributed by atoms with Gasteiger partial charge in [-0.1, -0.05) is 0 Å². The predicted molar refractivity (Wildman–Crippen MR) is 96.1 cm³/mol. The summed E-state index contributed by atoms with van der Waals surface area (Å²) in [5, 5.41) is 16.1. The number of carboxylic acid groups (broad SMARTS) is 1. The summed E-state index contributed by atoms with van der Waals surface area (Å²) < 4.78 is 1.45. The summed E-state index contributed by atoms with van der Waals surface area (Å²) in [6.07, 6.45) is 3.00. The smallest absolute Gasteiger partial charge is 0.341 e. The lowest BCUT2D eigenvalue weighted by Gasteiger charge is -1.98. The molecule has 0 saturated carbocycles. The summed E-state index contributed by atoms with van der Waals surface area (Å²) >= 11 is 3.07. The van der Waals surface area contributed by atoms with Gasteiger partial charge in [-0.05, 0) is 37.0 Å². The number of hydrogen-bond donors (Lipinski definition) is 1. The summed E-state index contributed by atoms with van der Waals surface area (Å²) in [4.78, 5) is 21.8. The predicted octanol–water partition coefficient (Wildman–Crippen LogP) is 3.32. The number of rotatable bonds is 2. The van der Waals surface area contributed by atoms with E-state index in [1.54, 1.807) is 23.6 Å². The Morgan fingerprint density at radius 1 is 1.24 bits per heavy atom. The van der Waals surface area contributed by atoms with Crippen molar-refractivity contribution in [3.05, 3.63) is 57.1 Å². The van der Waals surface area contributed by atoms with Crippen LogP contribution in [0.2, 0.25) is 0 Å². The van der Waals surface area contributed by atoms with Crippen molar-refractivity contribution in [3.63, 3.8) is 0 Å². The van der Waals surface area contributed by atoms with Gasteiger partial charge in [0.25, 0.3) is 0 Å². The fourth-order valence-electron chi connectivity index (χ4n) is 2.25. The molecule has 0 aliphatic carbocycles. The third-order valence-corrected chi connectivity index (χ3v) is 5.19. The van der Waals surface area contributed by atoms with E-state index in [-0.39, 0.29) is 5.56 Å². The molecule has 0 unspecified atom stereocenters. The zero-order valence-corrected chi connectivity index (χ0v) is 14.6. The van der Waals surface area contributed by atoms with E-state index < -0.39 is 5.97 Å². The number of aromatic carboxylic acids is 1. The Hall–Kier alpha value is -3.02. The van der Waals surface area contributed by atoms with Gasteiger partial charge in [0, 0.05) is 11.6 Å². The quantitative estimate of drug-likeness (QED) is 0.551. The Labute approximate surface area is 150 Å². The van der Waals surface area contributed by atoms with Crippen LogP contribution < -0.4 is 0 Å². The van der Waals surface area contributed by atoms with Crippen molar-refractivity contribution in [1.29, 1.82) is 0 Å². The van der Waals surface area contributed by atoms with Crippen molar-refractivity contribution in [1.82, 2.24) is 19.6 Å². The molecule has 0 spiro atoms. The van der Waals surface area contributed by atoms with E-state index in [1.165, 1.54) is 22.0 Å². The van der Waals surface area contributed by atoms with Crippen LogP contribution in [0.4, 0.5) is 0 Å². The molecule has 6 nitrogen and oxygen atoms in total. The molecule has 4 rings (SSSR count). The van der Waals surface area contributed by atoms with Gasteiger partial charge < -0.3 is 5.11 Å². The van der Waals surface area contributed by atoms with E-state index >= 15 is 0 Å². The molecule has 0 amide bonds. The van der Waals surface area contributed by atoms with Gasteiger partial charge in [0.15, 0.2) is 5.65 Å². The lowest BCUT2D eigenvalue weighted by Crippen LogP contribution is -1.98. The van der Waals surface area contributed by atoms with Gasteiger partial charge >= 0.3 is 5.97 Å². The topological polar surface area (TPSA) is 80.4 Å². The first kappa shape index (κ1) is 15.5. The summed E-state index contributed by atoms with van der Waals surface area (Å²) in [6, 6.07) is 5.65. The average molecular weight is 366 g/mol. The average Bonchev–Trinajstić information content (AvgIpc) is 3.31. The minimum atomic E-state index is -1.05. The SMILES string of the molecule is Cc1nc(C#Cc2ccc(-c3ccn4ncc(C(=O)O)c4n3)s2)cs1. The second-order valence-electron chi connectivity index (χ2n) is 5.11. The fourth-order valence-corrected chi connectivity index (χ4v) is 3.62. The Kier molecular flexibility index (Phi) is 3.80. The fraction of sp³-hybridized carbons (Fsp3) is 0.0588. The second kappa shape index (κ2) is 6.12. The van der Waals surface area contributed by atoms with Crippen LogP contribution in [0.1, 0.15) is 25.9 Å². The van der Waals surface area contributed by atoms with E-state index in [0.29, 0.717) is 11.3 Å². The van der Waals surface area contributed by atoms with E-state index in [1.807, 2.05) is 24.4 Å². The number of nitrogens with zero attached hydrogens (tertiary/aromatic N) is 4. The van der Waals surface area contributed by atoms with E-state index in [0.717, 1.165) is 20.5 Å². The largest absolute Gasteiger partial charge is 0.477 e. The first-order valence-electron chi connectivity index (χ1n) is 7.22. The summed E-state index contributed by atoms with van der Waals surface area (Å²) in [7, 11) is 0. The van der Waals surface area contributed by atoms with Gasteiger partial charge in [0.2, 0.25) is 0 Å². The number of hydrogen-bond acceptors (Lipinski definition) is 6. The van der Waals surface area contributed by atoms with Crippen molar-refractivity contribution < 1.29 is 9.90 Å². The highest BCUT2D eigenvalue weighted by molar-refractivity contribution is 7.16. The first-order chi connectivity index (χ1) is 12.1. The Morgan fingerprint density at radius 2 is 2.12 bits per heavy atom. The number of fused-ring (bicyclic) bond motifs is 1. The van der Waals surface area contributed by atoms with Crippen molar-refractivity contribution in [2.45, 2.75) is 6.92 Å². The van der Waals surface area contributed by atoms with Crippen molar-refractivity contribution in [2.75, 3.05) is 0 Å². The van der Waals surface area contributed by atoms with Crippen LogP contribution in [-0.4, -0.2) is 30.7 Å². The van der Waals surface area contributed by atoms with Crippen LogP contribution in [0, 0.1) is 18.8 Å². The van der Waals surface area contributed by atoms with E-state index in [9.17, 15) is 9.90 Å².